The molecule has 3 rings (SSSR count). The van der Waals surface area contributed by atoms with Gasteiger partial charge in [0.2, 0.25) is 5.95 Å². The molecule has 0 saturated carbocycles. The Kier molecular flexibility index (Phi) is 6.81. The Morgan fingerprint density at radius 3 is 2.50 bits per heavy atom. The lowest BCUT2D eigenvalue weighted by Gasteiger charge is -2.33. The van der Waals surface area contributed by atoms with Crippen molar-refractivity contribution in [3.8, 4) is 0 Å². The molecule has 1 fully saturated rings. The lowest BCUT2D eigenvalue weighted by atomic mass is 10.1. The van der Waals surface area contributed by atoms with E-state index < -0.39 is 59.9 Å². The fraction of sp³-hybridized carbons (Fsp3) is 0.545. The van der Waals surface area contributed by atoms with Crippen molar-refractivity contribution in [1.29, 1.82) is 0 Å². The van der Waals surface area contributed by atoms with Crippen LogP contribution in [0.25, 0.3) is 11.2 Å². The molecule has 0 radical (unpaired) electrons. The SMILES string of the molecule is CP(=O)([O-])OP(=O)([O-])OP(=O)([O-])OCC1OC(n2cnc3c(=O)[nH]c(N)nc32)C(O)C1O. The van der Waals surface area contributed by atoms with Crippen LogP contribution < -0.4 is 26.0 Å². The van der Waals surface area contributed by atoms with E-state index in [1.165, 1.54) is 0 Å². The summed E-state index contributed by atoms with van der Waals surface area (Å²) in [5.41, 5.74) is 4.49. The average molecular weight is 518 g/mol. The van der Waals surface area contributed by atoms with E-state index in [9.17, 15) is 43.4 Å². The van der Waals surface area contributed by atoms with Crippen molar-refractivity contribution >= 4 is 40.4 Å². The number of hydrogen-bond acceptors (Lipinski definition) is 16. The van der Waals surface area contributed by atoms with Crippen molar-refractivity contribution in [2.45, 2.75) is 24.5 Å². The van der Waals surface area contributed by atoms with Crippen molar-refractivity contribution in [3.05, 3.63) is 16.7 Å². The van der Waals surface area contributed by atoms with Crippen LogP contribution in [-0.4, -0.2) is 61.3 Å². The largest absolute Gasteiger partial charge is 0.778 e. The molecule has 1 aliphatic heterocycles. The van der Waals surface area contributed by atoms with Gasteiger partial charge < -0.3 is 44.5 Å². The fourth-order valence-electron chi connectivity index (χ4n) is 2.73. The molecule has 2 aromatic heterocycles. The van der Waals surface area contributed by atoms with Crippen LogP contribution >= 0.6 is 23.2 Å². The van der Waals surface area contributed by atoms with Gasteiger partial charge in [-0.15, -0.1) is 0 Å². The van der Waals surface area contributed by atoms with E-state index in [4.69, 9.17) is 10.5 Å². The smallest absolute Gasteiger partial charge is 0.280 e. The van der Waals surface area contributed by atoms with Gasteiger partial charge in [-0.05, 0) is 0 Å². The maximum absolute atomic E-state index is 11.9. The average Bonchev–Trinajstić information content (AvgIpc) is 3.12. The maximum atomic E-state index is 11.9. The zero-order chi connectivity index (χ0) is 24.1. The topological polar surface area (TPSA) is 287 Å². The molecule has 7 atom stereocenters. The van der Waals surface area contributed by atoms with E-state index in [-0.39, 0.29) is 17.1 Å². The second-order valence-electron chi connectivity index (χ2n) is 6.45. The summed E-state index contributed by atoms with van der Waals surface area (Å²) in [6, 6.07) is 0. The molecule has 2 aromatic rings. The highest BCUT2D eigenvalue weighted by molar-refractivity contribution is 7.66. The van der Waals surface area contributed by atoms with Crippen molar-refractivity contribution in [2.75, 3.05) is 19.0 Å². The van der Waals surface area contributed by atoms with Crippen molar-refractivity contribution in [3.63, 3.8) is 0 Å². The maximum Gasteiger partial charge on any atom is 0.280 e. The van der Waals surface area contributed by atoms with Gasteiger partial charge in [-0.1, -0.05) is 0 Å². The second-order valence-corrected chi connectivity index (χ2v) is 11.3. The first-order valence-corrected chi connectivity index (χ1v) is 13.2. The number of imidazole rings is 1. The van der Waals surface area contributed by atoms with Crippen LogP contribution in [0.2, 0.25) is 0 Å². The van der Waals surface area contributed by atoms with E-state index in [1.807, 2.05) is 0 Å². The number of aromatic amines is 1. The minimum absolute atomic E-state index is 0.118. The number of phosphoric ester groups is 1. The normalized spacial score (nSPS) is 29.4. The number of aliphatic hydroxyl groups excluding tert-OH is 2. The highest BCUT2D eigenvalue weighted by Crippen LogP contribution is 2.61. The van der Waals surface area contributed by atoms with Crippen LogP contribution in [-0.2, 0) is 31.6 Å². The van der Waals surface area contributed by atoms with E-state index in [2.05, 4.69) is 28.1 Å². The molecule has 1 saturated heterocycles. The molecule has 0 amide bonds. The lowest BCUT2D eigenvalue weighted by molar-refractivity contribution is -0.245. The summed E-state index contributed by atoms with van der Waals surface area (Å²) in [5, 5.41) is 20.4. The summed E-state index contributed by atoms with van der Waals surface area (Å²) >= 11 is 0. The molecule has 0 spiro atoms. The predicted octanol–water partition coefficient (Wildman–Crippen LogP) is -3.51. The van der Waals surface area contributed by atoms with Crippen molar-refractivity contribution in [2.24, 2.45) is 0 Å². The highest BCUT2D eigenvalue weighted by Gasteiger charge is 2.45. The number of rotatable bonds is 8. The zero-order valence-electron chi connectivity index (χ0n) is 15.7. The van der Waals surface area contributed by atoms with Crippen molar-refractivity contribution < 1.29 is 56.5 Å². The molecule has 1 aliphatic rings. The first kappa shape index (κ1) is 25.1. The third-order valence-corrected chi connectivity index (χ3v) is 7.96. The Morgan fingerprint density at radius 2 is 1.88 bits per heavy atom. The van der Waals surface area contributed by atoms with Gasteiger partial charge in [0.1, 0.15) is 25.9 Å². The summed E-state index contributed by atoms with van der Waals surface area (Å²) in [4.78, 5) is 55.6. The molecule has 3 heterocycles. The first-order chi connectivity index (χ1) is 14.6. The number of anilines is 1. The number of nitrogens with two attached hydrogens (primary N) is 1. The number of nitrogens with one attached hydrogen (secondary N) is 1. The second kappa shape index (κ2) is 8.68. The number of H-pyrrole nitrogens is 1. The Hall–Kier alpha value is -1.52. The summed E-state index contributed by atoms with van der Waals surface area (Å²) in [7, 11) is -16.5. The number of ether oxygens (including phenoxy) is 1. The number of aliphatic hydroxyl groups is 2. The van der Waals surface area contributed by atoms with Gasteiger partial charge >= 0.3 is 0 Å². The molecule has 18 nitrogen and oxygen atoms in total. The molecule has 21 heteroatoms. The monoisotopic (exact) mass is 518 g/mol. The first-order valence-electron chi connectivity index (χ1n) is 8.30. The third-order valence-electron chi connectivity index (χ3n) is 3.91. The van der Waals surface area contributed by atoms with Crippen LogP contribution in [0.3, 0.4) is 0 Å². The molecule has 5 N–H and O–H groups in total. The Labute approximate surface area is 177 Å². The number of aromatic nitrogens is 4. The quantitative estimate of drug-likeness (QED) is 0.246. The molecule has 0 aromatic carbocycles. The van der Waals surface area contributed by atoms with E-state index >= 15 is 0 Å². The Morgan fingerprint density at radius 1 is 1.22 bits per heavy atom. The highest BCUT2D eigenvalue weighted by atomic mass is 31.3. The fourth-order valence-corrected chi connectivity index (χ4v) is 6.07. The molecule has 180 valence electrons. The summed E-state index contributed by atoms with van der Waals surface area (Å²) in [6.45, 7) is -0.697. The summed E-state index contributed by atoms with van der Waals surface area (Å²) in [6.07, 6.45) is -5.39. The summed E-state index contributed by atoms with van der Waals surface area (Å²) < 4.78 is 51.8. The number of phosphoric acid groups is 2. The molecular formula is C11H15N5O13P3-3. The molecular weight excluding hydrogens is 503 g/mol. The van der Waals surface area contributed by atoms with Crippen LogP contribution in [0.5, 0.6) is 0 Å². The number of fused-ring (bicyclic) bond motifs is 1. The van der Waals surface area contributed by atoms with Crippen molar-refractivity contribution in [1.82, 2.24) is 19.5 Å². The van der Waals surface area contributed by atoms with Gasteiger partial charge in [0.15, 0.2) is 17.4 Å². The van der Waals surface area contributed by atoms with Gasteiger partial charge in [0.05, 0.1) is 12.9 Å². The zero-order valence-corrected chi connectivity index (χ0v) is 18.4. The number of nitrogen functional groups attached to an aromatic ring is 1. The molecule has 0 bridgehead atoms. The minimum Gasteiger partial charge on any atom is -0.778 e. The van der Waals surface area contributed by atoms with Crippen LogP contribution in [0.4, 0.5) is 5.95 Å². The summed E-state index contributed by atoms with van der Waals surface area (Å²) in [5.74, 6) is -0.277. The predicted molar refractivity (Wildman–Crippen MR) is 95.4 cm³/mol. The standard InChI is InChI=1S/C11H18N5O13P3/c1-30(20,21)28-32(24,25)29-31(22,23)26-2-4-6(17)7(18)10(27-4)16-3-13-5-8(16)14-11(12)15-9(5)19/h3-4,6-7,10,17-18H,2H2,1H3,(H,20,21)(H,22,23)(H,24,25)(H3,12,14,15,19)/p-3. The van der Waals surface area contributed by atoms with Gasteiger partial charge in [0, 0.05) is 6.66 Å². The molecule has 0 aliphatic carbocycles. The lowest BCUT2D eigenvalue weighted by Crippen LogP contribution is -2.34. The van der Waals surface area contributed by atoms with Gasteiger partial charge in [-0.3, -0.25) is 27.8 Å². The third kappa shape index (κ3) is 5.69. The van der Waals surface area contributed by atoms with E-state index in [0.29, 0.717) is 6.66 Å². The number of hydrogen-bond donors (Lipinski definition) is 4. The minimum atomic E-state index is -5.86. The van der Waals surface area contributed by atoms with Gasteiger partial charge in [-0.25, -0.2) is 9.29 Å². The van der Waals surface area contributed by atoms with Gasteiger partial charge in [-0.2, -0.15) is 4.98 Å². The van der Waals surface area contributed by atoms with Crippen LogP contribution in [0.1, 0.15) is 6.23 Å². The Balaban J connectivity index is 1.72. The van der Waals surface area contributed by atoms with E-state index in [0.717, 1.165) is 10.9 Å². The van der Waals surface area contributed by atoms with E-state index in [1.54, 1.807) is 0 Å². The van der Waals surface area contributed by atoms with Crippen LogP contribution in [0, 0.1) is 0 Å². The molecule has 7 unspecified atom stereocenters. The molecule has 32 heavy (non-hydrogen) atoms. The van der Waals surface area contributed by atoms with Gasteiger partial charge in [0.25, 0.3) is 21.2 Å². The number of nitrogens with zero attached hydrogens (tertiary/aromatic N) is 3. The van der Waals surface area contributed by atoms with Crippen LogP contribution in [0.15, 0.2) is 11.1 Å². The Bertz CT molecular complexity index is 1210.